The Morgan fingerprint density at radius 1 is 1.19 bits per heavy atom. The first-order chi connectivity index (χ1) is 10.3. The lowest BCUT2D eigenvalue weighted by atomic mass is 10.1. The SMILES string of the molecule is COc1cccc(NC(c2ccco2)c2ccc(Cl)s2)c1. The average molecular weight is 320 g/mol. The van der Waals surface area contributed by atoms with E-state index in [9.17, 15) is 0 Å². The van der Waals surface area contributed by atoms with Gasteiger partial charge >= 0.3 is 0 Å². The van der Waals surface area contributed by atoms with E-state index in [-0.39, 0.29) is 6.04 Å². The van der Waals surface area contributed by atoms with Gasteiger partial charge in [0.25, 0.3) is 0 Å². The monoisotopic (exact) mass is 319 g/mol. The van der Waals surface area contributed by atoms with Crippen molar-refractivity contribution in [1.29, 1.82) is 0 Å². The van der Waals surface area contributed by atoms with E-state index in [0.717, 1.165) is 26.4 Å². The van der Waals surface area contributed by atoms with Crippen molar-refractivity contribution in [2.24, 2.45) is 0 Å². The Labute approximate surface area is 132 Å². The third-order valence-corrected chi connectivity index (χ3v) is 4.38. The summed E-state index contributed by atoms with van der Waals surface area (Å²) in [5.41, 5.74) is 0.959. The number of halogens is 1. The molecule has 0 bridgehead atoms. The minimum absolute atomic E-state index is 0.0791. The molecule has 0 aliphatic carbocycles. The largest absolute Gasteiger partial charge is 0.497 e. The molecule has 1 atom stereocenters. The van der Waals surface area contributed by atoms with Crippen LogP contribution < -0.4 is 10.1 Å². The number of hydrogen-bond donors (Lipinski definition) is 1. The molecule has 1 aromatic carbocycles. The van der Waals surface area contributed by atoms with Crippen LogP contribution in [0.15, 0.2) is 59.2 Å². The first kappa shape index (κ1) is 14.0. The van der Waals surface area contributed by atoms with Gasteiger partial charge in [0.05, 0.1) is 17.7 Å². The van der Waals surface area contributed by atoms with Gasteiger partial charge in [-0.25, -0.2) is 0 Å². The molecule has 0 saturated carbocycles. The van der Waals surface area contributed by atoms with Crippen molar-refractivity contribution in [3.05, 3.63) is 69.8 Å². The van der Waals surface area contributed by atoms with E-state index in [1.807, 2.05) is 48.5 Å². The smallest absolute Gasteiger partial charge is 0.131 e. The van der Waals surface area contributed by atoms with Gasteiger partial charge in [0.2, 0.25) is 0 Å². The van der Waals surface area contributed by atoms with Crippen molar-refractivity contribution in [3.8, 4) is 5.75 Å². The van der Waals surface area contributed by atoms with Crippen LogP contribution in [0.5, 0.6) is 5.75 Å². The minimum Gasteiger partial charge on any atom is -0.497 e. The summed E-state index contributed by atoms with van der Waals surface area (Å²) < 4.78 is 11.6. The molecular formula is C16H14ClNO2S. The van der Waals surface area contributed by atoms with Gasteiger partial charge in [0.15, 0.2) is 0 Å². The maximum absolute atomic E-state index is 6.06. The average Bonchev–Trinajstić information content (AvgIpc) is 3.16. The third-order valence-electron chi connectivity index (χ3n) is 3.09. The fraction of sp³-hybridized carbons (Fsp3) is 0.125. The number of benzene rings is 1. The standard InChI is InChI=1S/C16H14ClNO2S/c1-19-12-5-2-4-11(10-12)18-16(13-6-3-9-20-13)14-7-8-15(17)21-14/h2-10,16,18H,1H3. The van der Waals surface area contributed by atoms with E-state index in [0.29, 0.717) is 0 Å². The second-order valence-electron chi connectivity index (χ2n) is 4.47. The summed E-state index contributed by atoms with van der Waals surface area (Å²) in [5, 5.41) is 3.46. The molecule has 3 rings (SSSR count). The summed E-state index contributed by atoms with van der Waals surface area (Å²) in [6, 6.07) is 15.5. The number of thiophene rings is 1. The van der Waals surface area contributed by atoms with Crippen molar-refractivity contribution in [2.45, 2.75) is 6.04 Å². The van der Waals surface area contributed by atoms with Crippen LogP contribution in [0.25, 0.3) is 0 Å². The molecule has 1 unspecified atom stereocenters. The second kappa shape index (κ2) is 6.24. The van der Waals surface area contributed by atoms with Gasteiger partial charge in [-0.05, 0) is 36.4 Å². The van der Waals surface area contributed by atoms with Crippen LogP contribution in [-0.2, 0) is 0 Å². The summed E-state index contributed by atoms with van der Waals surface area (Å²) >= 11 is 7.59. The molecule has 2 heterocycles. The number of furan rings is 1. The van der Waals surface area contributed by atoms with Crippen molar-refractivity contribution in [3.63, 3.8) is 0 Å². The van der Waals surface area contributed by atoms with Crippen LogP contribution in [0.4, 0.5) is 5.69 Å². The Morgan fingerprint density at radius 2 is 2.10 bits per heavy atom. The van der Waals surface area contributed by atoms with Gasteiger partial charge in [0, 0.05) is 16.6 Å². The Morgan fingerprint density at radius 3 is 2.76 bits per heavy atom. The highest BCUT2D eigenvalue weighted by Crippen LogP contribution is 2.34. The molecule has 0 aliphatic rings. The van der Waals surface area contributed by atoms with Crippen LogP contribution in [0.2, 0.25) is 4.34 Å². The van der Waals surface area contributed by atoms with Crippen molar-refractivity contribution >= 4 is 28.6 Å². The number of anilines is 1. The lowest BCUT2D eigenvalue weighted by Crippen LogP contribution is -2.10. The number of methoxy groups -OCH3 is 1. The minimum atomic E-state index is -0.0791. The van der Waals surface area contributed by atoms with Gasteiger partial charge in [-0.15, -0.1) is 11.3 Å². The van der Waals surface area contributed by atoms with Crippen LogP contribution >= 0.6 is 22.9 Å². The molecule has 0 fully saturated rings. The fourth-order valence-electron chi connectivity index (χ4n) is 2.10. The van der Waals surface area contributed by atoms with Gasteiger partial charge in [-0.3, -0.25) is 0 Å². The Kier molecular flexibility index (Phi) is 4.18. The molecule has 2 aromatic heterocycles. The molecule has 0 radical (unpaired) electrons. The molecule has 21 heavy (non-hydrogen) atoms. The highest BCUT2D eigenvalue weighted by atomic mass is 35.5. The van der Waals surface area contributed by atoms with Crippen LogP contribution in [0, 0.1) is 0 Å². The maximum Gasteiger partial charge on any atom is 0.131 e. The van der Waals surface area contributed by atoms with Crippen LogP contribution in [0.1, 0.15) is 16.7 Å². The zero-order chi connectivity index (χ0) is 14.7. The predicted molar refractivity (Wildman–Crippen MR) is 86.5 cm³/mol. The van der Waals surface area contributed by atoms with Gasteiger partial charge in [-0.2, -0.15) is 0 Å². The Balaban J connectivity index is 1.92. The fourth-order valence-corrected chi connectivity index (χ4v) is 3.22. The van der Waals surface area contributed by atoms with Crippen LogP contribution in [0.3, 0.4) is 0 Å². The number of hydrogen-bond acceptors (Lipinski definition) is 4. The third kappa shape index (κ3) is 3.23. The number of nitrogens with one attached hydrogen (secondary N) is 1. The molecule has 3 aromatic rings. The van der Waals surface area contributed by atoms with Crippen molar-refractivity contribution in [1.82, 2.24) is 0 Å². The quantitative estimate of drug-likeness (QED) is 0.701. The van der Waals surface area contributed by atoms with Gasteiger partial charge in [-0.1, -0.05) is 17.7 Å². The normalized spacial score (nSPS) is 12.1. The highest BCUT2D eigenvalue weighted by molar-refractivity contribution is 7.16. The number of ether oxygens (including phenoxy) is 1. The molecule has 0 amide bonds. The molecule has 3 nitrogen and oxygen atoms in total. The van der Waals surface area contributed by atoms with E-state index >= 15 is 0 Å². The summed E-state index contributed by atoms with van der Waals surface area (Å²) in [6.45, 7) is 0. The first-order valence-corrected chi connectivity index (χ1v) is 7.65. The van der Waals surface area contributed by atoms with E-state index < -0.39 is 0 Å². The molecular weight excluding hydrogens is 306 g/mol. The zero-order valence-corrected chi connectivity index (χ0v) is 12.9. The van der Waals surface area contributed by atoms with E-state index in [2.05, 4.69) is 5.32 Å². The molecule has 5 heteroatoms. The molecule has 0 saturated heterocycles. The molecule has 0 aliphatic heterocycles. The molecule has 108 valence electrons. The van der Waals surface area contributed by atoms with E-state index in [1.54, 1.807) is 13.4 Å². The second-order valence-corrected chi connectivity index (χ2v) is 6.21. The summed E-state index contributed by atoms with van der Waals surface area (Å²) in [4.78, 5) is 1.10. The summed E-state index contributed by atoms with van der Waals surface area (Å²) in [7, 11) is 1.65. The Hall–Kier alpha value is -1.91. The van der Waals surface area contributed by atoms with Crippen LogP contribution in [-0.4, -0.2) is 7.11 Å². The predicted octanol–water partition coefficient (Wildman–Crippen LogP) is 5.20. The van der Waals surface area contributed by atoms with Crippen molar-refractivity contribution in [2.75, 3.05) is 12.4 Å². The van der Waals surface area contributed by atoms with Gasteiger partial charge < -0.3 is 14.5 Å². The highest BCUT2D eigenvalue weighted by Gasteiger charge is 2.19. The molecule has 1 N–H and O–H groups in total. The number of rotatable bonds is 5. The van der Waals surface area contributed by atoms with Gasteiger partial charge in [0.1, 0.15) is 17.6 Å². The lowest BCUT2D eigenvalue weighted by molar-refractivity contribution is 0.415. The summed E-state index contributed by atoms with van der Waals surface area (Å²) in [6.07, 6.45) is 1.67. The Bertz CT molecular complexity index is 709. The molecule has 0 spiro atoms. The topological polar surface area (TPSA) is 34.4 Å². The van der Waals surface area contributed by atoms with E-state index in [4.69, 9.17) is 20.8 Å². The lowest BCUT2D eigenvalue weighted by Gasteiger charge is -2.17. The first-order valence-electron chi connectivity index (χ1n) is 6.45. The maximum atomic E-state index is 6.06. The van der Waals surface area contributed by atoms with E-state index in [1.165, 1.54) is 11.3 Å². The van der Waals surface area contributed by atoms with Crippen molar-refractivity contribution < 1.29 is 9.15 Å². The zero-order valence-electron chi connectivity index (χ0n) is 11.4. The summed E-state index contributed by atoms with van der Waals surface area (Å²) in [5.74, 6) is 1.65.